The highest BCUT2D eigenvalue weighted by molar-refractivity contribution is 7.99. The van der Waals surface area contributed by atoms with Crippen molar-refractivity contribution in [3.63, 3.8) is 0 Å². The first-order valence-corrected chi connectivity index (χ1v) is 13.1. The Balaban J connectivity index is 0.000000410. The van der Waals surface area contributed by atoms with Crippen LogP contribution >= 0.6 is 23.5 Å². The molecule has 196 valence electrons. The van der Waals surface area contributed by atoms with E-state index in [9.17, 15) is 19.8 Å². The van der Waals surface area contributed by atoms with E-state index in [0.29, 0.717) is 35.5 Å². The standard InChI is InChI=1S/C14H20N6O5S.C5H11NO2S/c15-6(14(23)24)1-2-26-3-7-9(21)10(22)13(25-7)20-5-19-8-11(16)17-4-18-12(8)20;1-9-3-2-4(6)5(7)8/h4-7,9-10,13,21-22H,1-3,15H2,(H,23,24)(H2,16,17,18);4H,2-3,6H2,1H3,(H,7,8)/t6-,7+,9+,10+,13+;4-/m00/s1. The maximum atomic E-state index is 10.7. The van der Waals surface area contributed by atoms with Crippen molar-refractivity contribution in [1.82, 2.24) is 19.5 Å². The minimum absolute atomic E-state index is 0.212. The van der Waals surface area contributed by atoms with Crippen molar-refractivity contribution in [2.45, 2.75) is 49.5 Å². The second-order valence-electron chi connectivity index (χ2n) is 7.66. The van der Waals surface area contributed by atoms with Crippen LogP contribution in [0.5, 0.6) is 0 Å². The second-order valence-corrected chi connectivity index (χ2v) is 9.80. The summed E-state index contributed by atoms with van der Waals surface area (Å²) in [6, 6.07) is -1.60. The third kappa shape index (κ3) is 7.89. The molecule has 1 aliphatic rings. The Morgan fingerprint density at radius 3 is 2.31 bits per heavy atom. The smallest absolute Gasteiger partial charge is 0.320 e. The second kappa shape index (κ2) is 13.8. The average Bonchev–Trinajstić information content (AvgIpc) is 3.37. The lowest BCUT2D eigenvalue weighted by molar-refractivity contribution is -0.139. The molecule has 6 atom stereocenters. The predicted octanol–water partition coefficient (Wildman–Crippen LogP) is -1.29. The molecule has 3 heterocycles. The lowest BCUT2D eigenvalue weighted by Crippen LogP contribution is -2.33. The minimum atomic E-state index is -1.17. The number of rotatable bonds is 11. The molecule has 1 saturated heterocycles. The number of nitrogen functional groups attached to an aromatic ring is 1. The highest BCUT2D eigenvalue weighted by Crippen LogP contribution is 2.33. The quantitative estimate of drug-likeness (QED) is 0.166. The van der Waals surface area contributed by atoms with Crippen LogP contribution in [0.15, 0.2) is 12.7 Å². The number of nitrogens with zero attached hydrogens (tertiary/aromatic N) is 4. The Hall–Kier alpha value is -2.21. The molecule has 10 N–H and O–H groups in total. The molecule has 0 saturated carbocycles. The molecule has 0 unspecified atom stereocenters. The number of aliphatic hydroxyl groups is 2. The fourth-order valence-electron chi connectivity index (χ4n) is 3.05. The zero-order chi connectivity index (χ0) is 26.1. The average molecular weight is 534 g/mol. The fraction of sp³-hybridized carbons (Fsp3) is 0.632. The van der Waals surface area contributed by atoms with Crippen LogP contribution in [0.4, 0.5) is 5.82 Å². The van der Waals surface area contributed by atoms with Gasteiger partial charge in [0.15, 0.2) is 17.7 Å². The largest absolute Gasteiger partial charge is 0.480 e. The number of imidazole rings is 1. The maximum Gasteiger partial charge on any atom is 0.320 e. The van der Waals surface area contributed by atoms with Gasteiger partial charge in [-0.2, -0.15) is 23.5 Å². The summed E-state index contributed by atoms with van der Waals surface area (Å²) in [7, 11) is 0. The number of thioether (sulfide) groups is 2. The summed E-state index contributed by atoms with van der Waals surface area (Å²) in [5.41, 5.74) is 17.2. The van der Waals surface area contributed by atoms with Crippen molar-refractivity contribution in [3.8, 4) is 0 Å². The van der Waals surface area contributed by atoms with Crippen LogP contribution in [0, 0.1) is 0 Å². The summed E-state index contributed by atoms with van der Waals surface area (Å²) in [6.07, 6.45) is 1.73. The Morgan fingerprint density at radius 2 is 1.71 bits per heavy atom. The molecule has 1 fully saturated rings. The van der Waals surface area contributed by atoms with E-state index in [1.807, 2.05) is 6.26 Å². The fourth-order valence-corrected chi connectivity index (χ4v) is 4.64. The first-order chi connectivity index (χ1) is 16.6. The number of nitrogens with two attached hydrogens (primary N) is 3. The van der Waals surface area contributed by atoms with Gasteiger partial charge in [0.1, 0.15) is 36.1 Å². The zero-order valence-electron chi connectivity index (χ0n) is 19.0. The number of ether oxygens (including phenoxy) is 1. The Morgan fingerprint density at radius 1 is 1.09 bits per heavy atom. The van der Waals surface area contributed by atoms with Gasteiger partial charge in [0.25, 0.3) is 0 Å². The van der Waals surface area contributed by atoms with Gasteiger partial charge in [-0.05, 0) is 30.6 Å². The summed E-state index contributed by atoms with van der Waals surface area (Å²) < 4.78 is 7.29. The van der Waals surface area contributed by atoms with Gasteiger partial charge in [-0.3, -0.25) is 14.2 Å². The SMILES string of the molecule is CSCC[C@H](N)C(=O)O.Nc1ncnc2c1ncn2[C@@H]1O[C@H](CSCC[C@H](N)C(=O)O)[C@@H](O)[C@H]1O. The van der Waals surface area contributed by atoms with E-state index < -0.39 is 48.6 Å². The number of aromatic nitrogens is 4. The number of carboxylic acid groups (broad SMARTS) is 2. The van der Waals surface area contributed by atoms with E-state index >= 15 is 0 Å². The third-order valence-electron chi connectivity index (χ3n) is 5.12. The van der Waals surface area contributed by atoms with Crippen molar-refractivity contribution in [3.05, 3.63) is 12.7 Å². The molecule has 2 aromatic rings. The van der Waals surface area contributed by atoms with Gasteiger partial charge in [-0.1, -0.05) is 0 Å². The normalized spacial score (nSPS) is 23.5. The van der Waals surface area contributed by atoms with Crippen LogP contribution in [0.3, 0.4) is 0 Å². The zero-order valence-corrected chi connectivity index (χ0v) is 20.6. The van der Waals surface area contributed by atoms with Crippen LogP contribution < -0.4 is 17.2 Å². The van der Waals surface area contributed by atoms with E-state index in [-0.39, 0.29) is 5.82 Å². The van der Waals surface area contributed by atoms with Crippen molar-refractivity contribution in [2.75, 3.05) is 29.2 Å². The van der Waals surface area contributed by atoms with Crippen molar-refractivity contribution in [2.24, 2.45) is 11.5 Å². The van der Waals surface area contributed by atoms with Gasteiger partial charge >= 0.3 is 11.9 Å². The lowest BCUT2D eigenvalue weighted by Gasteiger charge is -2.16. The number of anilines is 1. The predicted molar refractivity (Wildman–Crippen MR) is 132 cm³/mol. The number of fused-ring (bicyclic) bond motifs is 1. The topological polar surface area (TPSA) is 246 Å². The van der Waals surface area contributed by atoms with Gasteiger partial charge in [-0.15, -0.1) is 0 Å². The highest BCUT2D eigenvalue weighted by atomic mass is 32.2. The van der Waals surface area contributed by atoms with E-state index in [1.165, 1.54) is 29.0 Å². The summed E-state index contributed by atoms with van der Waals surface area (Å²) in [5.74, 6) is -0.0594. The summed E-state index contributed by atoms with van der Waals surface area (Å²) in [5, 5.41) is 37.6. The molecule has 1 aliphatic heterocycles. The summed E-state index contributed by atoms with van der Waals surface area (Å²) in [6.45, 7) is 0. The van der Waals surface area contributed by atoms with Crippen LogP contribution in [0.1, 0.15) is 19.1 Å². The first kappa shape index (κ1) is 29.0. The number of aliphatic carboxylic acids is 2. The Labute approximate surface area is 209 Å². The third-order valence-corrected chi connectivity index (χ3v) is 6.85. The van der Waals surface area contributed by atoms with Crippen molar-refractivity contribution >= 4 is 52.4 Å². The minimum Gasteiger partial charge on any atom is -0.480 e. The molecule has 0 spiro atoms. The first-order valence-electron chi connectivity index (χ1n) is 10.6. The van der Waals surface area contributed by atoms with Gasteiger partial charge in [0, 0.05) is 5.75 Å². The molecule has 16 heteroatoms. The monoisotopic (exact) mass is 533 g/mol. The Bertz CT molecular complexity index is 982. The molecule has 14 nitrogen and oxygen atoms in total. The number of hydrogen-bond donors (Lipinski definition) is 7. The number of hydrogen-bond acceptors (Lipinski definition) is 13. The van der Waals surface area contributed by atoms with Gasteiger partial charge in [0.05, 0.1) is 12.4 Å². The Kier molecular flexibility index (Phi) is 11.4. The molecular formula is C19H31N7O7S2. The molecule has 0 amide bonds. The van der Waals surface area contributed by atoms with Gasteiger partial charge in [0.2, 0.25) is 0 Å². The molecule has 0 radical (unpaired) electrons. The molecule has 0 aromatic carbocycles. The molecule has 0 aliphatic carbocycles. The van der Waals surface area contributed by atoms with E-state index in [0.717, 1.165) is 5.75 Å². The van der Waals surface area contributed by atoms with E-state index in [4.69, 9.17) is 32.2 Å². The molecule has 2 aromatic heterocycles. The van der Waals surface area contributed by atoms with Crippen LogP contribution in [0.2, 0.25) is 0 Å². The summed E-state index contributed by atoms with van der Waals surface area (Å²) in [4.78, 5) is 32.8. The van der Waals surface area contributed by atoms with Crippen molar-refractivity contribution < 1.29 is 34.8 Å². The van der Waals surface area contributed by atoms with E-state index in [2.05, 4.69) is 15.0 Å². The van der Waals surface area contributed by atoms with Crippen molar-refractivity contribution in [1.29, 1.82) is 0 Å². The van der Waals surface area contributed by atoms with E-state index in [1.54, 1.807) is 11.8 Å². The molecular weight excluding hydrogens is 502 g/mol. The van der Waals surface area contributed by atoms with Gasteiger partial charge < -0.3 is 42.4 Å². The lowest BCUT2D eigenvalue weighted by atomic mass is 10.1. The maximum absolute atomic E-state index is 10.7. The number of carbonyl (C=O) groups is 2. The summed E-state index contributed by atoms with van der Waals surface area (Å²) >= 11 is 3.00. The number of aliphatic hydroxyl groups excluding tert-OH is 2. The molecule has 3 rings (SSSR count). The molecule has 35 heavy (non-hydrogen) atoms. The van der Waals surface area contributed by atoms with Gasteiger partial charge in [-0.25, -0.2) is 15.0 Å². The van der Waals surface area contributed by atoms with Crippen LogP contribution in [0.25, 0.3) is 11.2 Å². The van der Waals surface area contributed by atoms with Crippen LogP contribution in [-0.2, 0) is 14.3 Å². The number of carboxylic acids is 2. The highest BCUT2D eigenvalue weighted by Gasteiger charge is 2.44. The van der Waals surface area contributed by atoms with Crippen LogP contribution in [-0.4, -0.2) is 106 Å². The molecule has 0 bridgehead atoms.